The first-order valence-corrected chi connectivity index (χ1v) is 11.5. The molecule has 0 fully saturated rings. The van der Waals surface area contributed by atoms with Crippen LogP contribution in [0, 0.1) is 9.39 Å². The molecule has 3 rings (SSSR count). The van der Waals surface area contributed by atoms with Crippen molar-refractivity contribution in [2.45, 2.75) is 26.3 Å². The van der Waals surface area contributed by atoms with Crippen molar-refractivity contribution in [2.75, 3.05) is 13.6 Å². The van der Waals surface area contributed by atoms with Crippen LogP contribution in [0.3, 0.4) is 0 Å². The molecule has 0 bridgehead atoms. The predicted molar refractivity (Wildman–Crippen MR) is 122 cm³/mol. The molecule has 0 saturated heterocycles. The number of aromatic nitrogens is 1. The van der Waals surface area contributed by atoms with Gasteiger partial charge < -0.3 is 9.73 Å². The fourth-order valence-electron chi connectivity index (χ4n) is 3.01. The highest BCUT2D eigenvalue weighted by Gasteiger charge is 2.24. The summed E-state index contributed by atoms with van der Waals surface area (Å²) in [5.41, 5.74) is 1.67. The number of fused-ring (bicyclic) bond motifs is 1. The molecular formula is C20H21FIN3O4S. The molecule has 1 aromatic carbocycles. The number of benzene rings is 1. The normalized spacial score (nSPS) is 12.5. The summed E-state index contributed by atoms with van der Waals surface area (Å²) in [6.07, 6.45) is 1.67. The van der Waals surface area contributed by atoms with Gasteiger partial charge in [-0.3, -0.25) is 9.35 Å². The average Bonchev–Trinajstić information content (AvgIpc) is 3.08. The molecule has 1 atom stereocenters. The average molecular weight is 545 g/mol. The van der Waals surface area contributed by atoms with Crippen LogP contribution < -0.4 is 5.32 Å². The fourth-order valence-corrected chi connectivity index (χ4v) is 4.14. The van der Waals surface area contributed by atoms with Crippen LogP contribution in [0.15, 0.2) is 34.7 Å². The number of carbonyl (C=O) groups excluding carboxylic acids is 1. The lowest BCUT2D eigenvalue weighted by atomic mass is 10.1. The Balaban J connectivity index is 2.10. The van der Waals surface area contributed by atoms with Gasteiger partial charge in [0.1, 0.15) is 11.6 Å². The number of nitrogens with one attached hydrogen (secondary N) is 1. The van der Waals surface area contributed by atoms with Crippen molar-refractivity contribution in [3.8, 4) is 11.3 Å². The van der Waals surface area contributed by atoms with Crippen LogP contribution in [-0.2, 0) is 17.8 Å². The molecule has 1 amide bonds. The van der Waals surface area contributed by atoms with Crippen molar-refractivity contribution < 1.29 is 22.4 Å². The molecule has 7 nitrogen and oxygen atoms in total. The summed E-state index contributed by atoms with van der Waals surface area (Å²) >= 11 is -0.0368. The van der Waals surface area contributed by atoms with Gasteiger partial charge in [-0.2, -0.15) is 4.31 Å². The second-order valence-electron chi connectivity index (χ2n) is 6.61. The van der Waals surface area contributed by atoms with E-state index in [0.29, 0.717) is 34.5 Å². The van der Waals surface area contributed by atoms with Crippen LogP contribution >= 0.6 is 22.6 Å². The molecule has 2 heterocycles. The Labute approximate surface area is 189 Å². The number of carbonyl (C=O) groups is 1. The lowest BCUT2D eigenvalue weighted by molar-refractivity contribution is 0.0964. The number of rotatable bonds is 8. The zero-order valence-corrected chi connectivity index (χ0v) is 19.4. The molecule has 0 saturated carbocycles. The van der Waals surface area contributed by atoms with Gasteiger partial charge in [-0.1, -0.05) is 13.3 Å². The molecule has 0 aliphatic rings. The van der Waals surface area contributed by atoms with E-state index in [4.69, 9.17) is 4.42 Å². The minimum absolute atomic E-state index is 0.166. The van der Waals surface area contributed by atoms with Gasteiger partial charge in [0.05, 0.1) is 23.2 Å². The van der Waals surface area contributed by atoms with E-state index in [9.17, 15) is 17.9 Å². The molecule has 2 N–H and O–H groups in total. The van der Waals surface area contributed by atoms with Crippen molar-refractivity contribution in [2.24, 2.45) is 0 Å². The van der Waals surface area contributed by atoms with E-state index in [0.717, 1.165) is 16.4 Å². The lowest BCUT2D eigenvalue weighted by Gasteiger charge is -2.17. The number of unbranched alkanes of at least 4 members (excludes halogenated alkanes) is 1. The van der Waals surface area contributed by atoms with Crippen molar-refractivity contribution in [3.63, 3.8) is 0 Å². The van der Waals surface area contributed by atoms with E-state index in [1.54, 1.807) is 6.07 Å². The van der Waals surface area contributed by atoms with Crippen LogP contribution in [0.25, 0.3) is 22.4 Å². The van der Waals surface area contributed by atoms with Crippen molar-refractivity contribution in [3.05, 3.63) is 51.0 Å². The van der Waals surface area contributed by atoms with Crippen molar-refractivity contribution >= 4 is 50.9 Å². The summed E-state index contributed by atoms with van der Waals surface area (Å²) in [7, 11) is 1.52. The van der Waals surface area contributed by atoms with Gasteiger partial charge >= 0.3 is 0 Å². The van der Waals surface area contributed by atoms with Crippen molar-refractivity contribution in [1.82, 2.24) is 14.6 Å². The number of hydrogen-bond donors (Lipinski definition) is 2. The highest BCUT2D eigenvalue weighted by atomic mass is 127. The summed E-state index contributed by atoms with van der Waals surface area (Å²) in [6, 6.07) is 7.43. The standard InChI is InChI=1S/C20H21FIN3O4S/c1-3-4-9-25(30(27)28)11-16-15(22)10-14-17(19(26)23-2)18(29-20(14)24-16)12-5-7-13(21)8-6-12/h5-8,10H,3-4,9,11H2,1-2H3,(H,23,26)(H,27,28). The summed E-state index contributed by atoms with van der Waals surface area (Å²) in [6.45, 7) is 2.63. The molecule has 160 valence electrons. The molecular weight excluding hydrogens is 524 g/mol. The van der Waals surface area contributed by atoms with Crippen LogP contribution in [-0.4, -0.2) is 37.6 Å². The largest absolute Gasteiger partial charge is 0.437 e. The molecule has 0 aliphatic carbocycles. The molecule has 2 aromatic heterocycles. The maximum atomic E-state index is 13.3. The van der Waals surface area contributed by atoms with E-state index >= 15 is 0 Å². The van der Waals surface area contributed by atoms with Crippen LogP contribution in [0.1, 0.15) is 35.8 Å². The second-order valence-corrected chi connectivity index (χ2v) is 8.75. The third kappa shape index (κ3) is 4.88. The number of pyridine rings is 1. The Kier molecular flexibility index (Phi) is 7.55. The first-order valence-electron chi connectivity index (χ1n) is 9.31. The van der Waals surface area contributed by atoms with Gasteiger partial charge in [-0.05, 0) is 59.3 Å². The molecule has 30 heavy (non-hydrogen) atoms. The maximum Gasteiger partial charge on any atom is 0.255 e. The van der Waals surface area contributed by atoms with Gasteiger partial charge in [0.15, 0.2) is 0 Å². The van der Waals surface area contributed by atoms with Crippen molar-refractivity contribution in [1.29, 1.82) is 0 Å². The molecule has 0 spiro atoms. The molecule has 1 unspecified atom stereocenters. The van der Waals surface area contributed by atoms with Crippen LogP contribution in [0.2, 0.25) is 0 Å². The summed E-state index contributed by atoms with van der Waals surface area (Å²) in [4.78, 5) is 17.1. The lowest BCUT2D eigenvalue weighted by Crippen LogP contribution is -2.27. The summed E-state index contributed by atoms with van der Waals surface area (Å²) < 4.78 is 42.7. The van der Waals surface area contributed by atoms with E-state index in [1.165, 1.54) is 35.6 Å². The Hall–Kier alpha value is -1.89. The predicted octanol–water partition coefficient (Wildman–Crippen LogP) is 4.34. The van der Waals surface area contributed by atoms with E-state index in [1.807, 2.05) is 6.92 Å². The smallest absolute Gasteiger partial charge is 0.255 e. The molecule has 0 radical (unpaired) electrons. The van der Waals surface area contributed by atoms with E-state index in [2.05, 4.69) is 32.9 Å². The Morgan fingerprint density at radius 2 is 2.07 bits per heavy atom. The maximum absolute atomic E-state index is 13.3. The quantitative estimate of drug-likeness (QED) is 0.325. The third-order valence-corrected chi connectivity index (χ3v) is 6.26. The van der Waals surface area contributed by atoms with Gasteiger partial charge in [-0.15, -0.1) is 0 Å². The number of amides is 1. The van der Waals surface area contributed by atoms with Gasteiger partial charge in [-0.25, -0.2) is 13.6 Å². The Morgan fingerprint density at radius 1 is 1.37 bits per heavy atom. The fraction of sp³-hybridized carbons (Fsp3) is 0.300. The number of halogens is 2. The minimum atomic E-state index is -2.13. The van der Waals surface area contributed by atoms with E-state index in [-0.39, 0.29) is 18.2 Å². The zero-order chi connectivity index (χ0) is 21.8. The third-order valence-electron chi connectivity index (χ3n) is 4.58. The van der Waals surface area contributed by atoms with Gasteiger partial charge in [0.25, 0.3) is 5.91 Å². The molecule has 10 heteroatoms. The van der Waals surface area contributed by atoms with Crippen LogP contribution in [0.5, 0.6) is 0 Å². The van der Waals surface area contributed by atoms with Gasteiger partial charge in [0, 0.05) is 22.7 Å². The monoisotopic (exact) mass is 545 g/mol. The van der Waals surface area contributed by atoms with Gasteiger partial charge in [0.2, 0.25) is 17.0 Å². The number of furan rings is 1. The zero-order valence-electron chi connectivity index (χ0n) is 16.4. The summed E-state index contributed by atoms with van der Waals surface area (Å²) in [5, 5.41) is 3.12. The molecule has 3 aromatic rings. The highest BCUT2D eigenvalue weighted by Crippen LogP contribution is 2.34. The summed E-state index contributed by atoms with van der Waals surface area (Å²) in [5.74, 6) is -0.451. The first kappa shape index (κ1) is 22.8. The number of hydrogen-bond acceptors (Lipinski definition) is 4. The molecule has 0 aliphatic heterocycles. The second kappa shape index (κ2) is 9.94. The first-order chi connectivity index (χ1) is 14.3. The minimum Gasteiger partial charge on any atom is -0.437 e. The Bertz CT molecular complexity index is 1090. The van der Waals surface area contributed by atoms with E-state index < -0.39 is 17.1 Å². The number of nitrogens with zero attached hydrogens (tertiary/aromatic N) is 2. The SMILES string of the molecule is CCCCN(Cc1nc2oc(-c3ccc(F)cc3)c(C(=O)NC)c2cc1I)S(=O)O. The Morgan fingerprint density at radius 3 is 2.67 bits per heavy atom. The van der Waals surface area contributed by atoms with Crippen LogP contribution in [0.4, 0.5) is 4.39 Å². The topological polar surface area (TPSA) is 95.7 Å². The highest BCUT2D eigenvalue weighted by molar-refractivity contribution is 14.1.